The smallest absolute Gasteiger partial charge is 0.430 e. The molecule has 1 atom stereocenters. The monoisotopic (exact) mass is 272 g/mol. The maximum atomic E-state index is 12.8. The fourth-order valence-corrected chi connectivity index (χ4v) is 1.92. The lowest BCUT2D eigenvalue weighted by Crippen LogP contribution is -2.40. The van der Waals surface area contributed by atoms with Crippen LogP contribution in [0.3, 0.4) is 0 Å². The van der Waals surface area contributed by atoms with E-state index < -0.39 is 23.8 Å². The van der Waals surface area contributed by atoms with Gasteiger partial charge in [0, 0.05) is 5.56 Å². The Balaban J connectivity index is 2.61. The summed E-state index contributed by atoms with van der Waals surface area (Å²) < 4.78 is 43.5. The Bertz CT molecular complexity index is 573. The van der Waals surface area contributed by atoms with E-state index in [0.29, 0.717) is 11.1 Å². The van der Waals surface area contributed by atoms with Gasteiger partial charge in [-0.1, -0.05) is 12.1 Å². The largest absolute Gasteiger partial charge is 0.478 e. The zero-order valence-electron chi connectivity index (χ0n) is 10.2. The van der Waals surface area contributed by atoms with Gasteiger partial charge in [0.2, 0.25) is 6.10 Å². The van der Waals surface area contributed by atoms with Crippen LogP contribution in [-0.2, 0) is 4.79 Å². The van der Waals surface area contributed by atoms with Crippen molar-refractivity contribution in [1.29, 1.82) is 0 Å². The Morgan fingerprint density at radius 2 is 1.95 bits per heavy atom. The van der Waals surface area contributed by atoms with Crippen LogP contribution in [-0.4, -0.2) is 23.4 Å². The molecule has 1 heterocycles. The molecule has 0 aromatic heterocycles. The average Bonchev–Trinajstić information content (AvgIpc) is 2.31. The maximum Gasteiger partial charge on any atom is 0.430 e. The number of benzene rings is 1. The third kappa shape index (κ3) is 2.30. The number of carboxylic acid groups (broad SMARTS) is 1. The van der Waals surface area contributed by atoms with Crippen LogP contribution in [0.15, 0.2) is 17.7 Å². The molecule has 1 aromatic rings. The molecule has 0 bridgehead atoms. The highest BCUT2D eigenvalue weighted by molar-refractivity contribution is 5.95. The first-order valence-corrected chi connectivity index (χ1v) is 5.50. The fourth-order valence-electron chi connectivity index (χ4n) is 1.92. The van der Waals surface area contributed by atoms with Crippen molar-refractivity contribution in [3.05, 3.63) is 34.4 Å². The molecule has 0 radical (unpaired) electrons. The first-order chi connectivity index (χ1) is 8.71. The molecule has 0 fully saturated rings. The molecule has 6 heteroatoms. The first-order valence-electron chi connectivity index (χ1n) is 5.50. The quantitative estimate of drug-likeness (QED) is 0.854. The van der Waals surface area contributed by atoms with Gasteiger partial charge in [-0.2, -0.15) is 13.2 Å². The molecular weight excluding hydrogens is 261 g/mol. The topological polar surface area (TPSA) is 46.5 Å². The number of alkyl halides is 3. The van der Waals surface area contributed by atoms with E-state index in [1.165, 1.54) is 0 Å². The minimum Gasteiger partial charge on any atom is -0.478 e. The normalized spacial score (nSPS) is 18.4. The Morgan fingerprint density at radius 1 is 1.32 bits per heavy atom. The lowest BCUT2D eigenvalue weighted by molar-refractivity contribution is -0.187. The molecule has 3 nitrogen and oxygen atoms in total. The number of fused-ring (bicyclic) bond motifs is 1. The van der Waals surface area contributed by atoms with Crippen LogP contribution in [0, 0.1) is 13.8 Å². The SMILES string of the molecule is Cc1ccc2c(c1C)OC(C(F)(F)F)C(C(=O)O)=C2. The zero-order chi connectivity index (χ0) is 14.4. The van der Waals surface area contributed by atoms with Gasteiger partial charge in [-0.15, -0.1) is 0 Å². The highest BCUT2D eigenvalue weighted by Crippen LogP contribution is 2.39. The zero-order valence-corrected chi connectivity index (χ0v) is 10.2. The number of halogens is 3. The fraction of sp³-hybridized carbons (Fsp3) is 0.308. The van der Waals surface area contributed by atoms with E-state index in [2.05, 4.69) is 0 Å². The number of hydrogen-bond acceptors (Lipinski definition) is 2. The molecule has 0 spiro atoms. The van der Waals surface area contributed by atoms with Crippen LogP contribution in [0.25, 0.3) is 6.08 Å². The van der Waals surface area contributed by atoms with Crippen LogP contribution >= 0.6 is 0 Å². The summed E-state index contributed by atoms with van der Waals surface area (Å²) >= 11 is 0. The number of carboxylic acids is 1. The van der Waals surface area contributed by atoms with Crippen molar-refractivity contribution in [2.24, 2.45) is 0 Å². The molecule has 1 aliphatic rings. The van der Waals surface area contributed by atoms with Crippen molar-refractivity contribution >= 4 is 12.0 Å². The average molecular weight is 272 g/mol. The third-order valence-electron chi connectivity index (χ3n) is 3.08. The van der Waals surface area contributed by atoms with Gasteiger partial charge in [-0.3, -0.25) is 0 Å². The molecule has 1 aliphatic heterocycles. The van der Waals surface area contributed by atoms with Gasteiger partial charge in [0.15, 0.2) is 0 Å². The van der Waals surface area contributed by atoms with Gasteiger partial charge >= 0.3 is 12.1 Å². The molecule has 0 saturated carbocycles. The Labute approximate surface area is 107 Å². The Morgan fingerprint density at radius 3 is 2.47 bits per heavy atom. The summed E-state index contributed by atoms with van der Waals surface area (Å²) in [6.45, 7) is 3.39. The number of carbonyl (C=O) groups is 1. The van der Waals surface area contributed by atoms with Crippen molar-refractivity contribution < 1.29 is 27.8 Å². The van der Waals surface area contributed by atoms with Gasteiger partial charge in [-0.05, 0) is 31.1 Å². The first kappa shape index (κ1) is 13.5. The van der Waals surface area contributed by atoms with E-state index in [1.807, 2.05) is 0 Å². The minimum atomic E-state index is -4.77. The van der Waals surface area contributed by atoms with Crippen molar-refractivity contribution in [1.82, 2.24) is 0 Å². The van der Waals surface area contributed by atoms with Gasteiger partial charge in [-0.25, -0.2) is 4.79 Å². The van der Waals surface area contributed by atoms with E-state index >= 15 is 0 Å². The van der Waals surface area contributed by atoms with Crippen molar-refractivity contribution in [3.63, 3.8) is 0 Å². The van der Waals surface area contributed by atoms with Crippen LogP contribution < -0.4 is 4.74 Å². The second kappa shape index (κ2) is 4.29. The van der Waals surface area contributed by atoms with Crippen LogP contribution in [0.2, 0.25) is 0 Å². The maximum absolute atomic E-state index is 12.8. The van der Waals surface area contributed by atoms with Crippen molar-refractivity contribution in [2.45, 2.75) is 26.1 Å². The molecule has 2 rings (SSSR count). The molecule has 0 saturated heterocycles. The lowest BCUT2D eigenvalue weighted by Gasteiger charge is -2.28. The summed E-state index contributed by atoms with van der Waals surface area (Å²) in [7, 11) is 0. The number of rotatable bonds is 1. The van der Waals surface area contributed by atoms with Crippen molar-refractivity contribution in [2.75, 3.05) is 0 Å². The summed E-state index contributed by atoms with van der Waals surface area (Å²) in [6, 6.07) is 3.26. The highest BCUT2D eigenvalue weighted by Gasteiger charge is 2.48. The predicted molar refractivity (Wildman–Crippen MR) is 62.0 cm³/mol. The predicted octanol–water partition coefficient (Wildman–Crippen LogP) is 3.09. The van der Waals surface area contributed by atoms with Gasteiger partial charge < -0.3 is 9.84 Å². The van der Waals surface area contributed by atoms with E-state index in [-0.39, 0.29) is 5.75 Å². The number of ether oxygens (including phenoxy) is 1. The van der Waals surface area contributed by atoms with E-state index in [4.69, 9.17) is 9.84 Å². The third-order valence-corrected chi connectivity index (χ3v) is 3.08. The van der Waals surface area contributed by atoms with E-state index in [1.54, 1.807) is 26.0 Å². The Kier molecular flexibility index (Phi) is 3.04. The van der Waals surface area contributed by atoms with Crippen LogP contribution in [0.5, 0.6) is 5.75 Å². The molecule has 1 aromatic carbocycles. The van der Waals surface area contributed by atoms with Crippen molar-refractivity contribution in [3.8, 4) is 5.75 Å². The molecule has 0 aliphatic carbocycles. The number of aryl methyl sites for hydroxylation is 1. The second-order valence-electron chi connectivity index (χ2n) is 4.37. The van der Waals surface area contributed by atoms with Crippen LogP contribution in [0.4, 0.5) is 13.2 Å². The standard InChI is InChI=1S/C13H11F3O3/c1-6-3-4-8-5-9(12(17)18)11(13(14,15)16)19-10(8)7(6)2/h3-5,11H,1-2H3,(H,17,18). The summed E-state index contributed by atoms with van der Waals surface area (Å²) in [5.41, 5.74) is 0.906. The molecule has 19 heavy (non-hydrogen) atoms. The highest BCUT2D eigenvalue weighted by atomic mass is 19.4. The van der Waals surface area contributed by atoms with Gasteiger partial charge in [0.1, 0.15) is 5.75 Å². The van der Waals surface area contributed by atoms with Gasteiger partial charge in [0.25, 0.3) is 0 Å². The lowest BCUT2D eigenvalue weighted by atomic mass is 9.97. The molecule has 1 unspecified atom stereocenters. The van der Waals surface area contributed by atoms with E-state index in [0.717, 1.165) is 11.6 Å². The van der Waals surface area contributed by atoms with E-state index in [9.17, 15) is 18.0 Å². The number of aliphatic carboxylic acids is 1. The van der Waals surface area contributed by atoms with Crippen LogP contribution in [0.1, 0.15) is 16.7 Å². The summed E-state index contributed by atoms with van der Waals surface area (Å²) in [4.78, 5) is 10.9. The molecule has 1 N–H and O–H groups in total. The molecule has 102 valence electrons. The summed E-state index contributed by atoms with van der Waals surface area (Å²) in [6.07, 6.45) is -6.18. The minimum absolute atomic E-state index is 0.0901. The summed E-state index contributed by atoms with van der Waals surface area (Å²) in [5.74, 6) is -1.54. The summed E-state index contributed by atoms with van der Waals surface area (Å²) in [5, 5.41) is 8.87. The molecular formula is C13H11F3O3. The molecule has 0 amide bonds. The second-order valence-corrected chi connectivity index (χ2v) is 4.37. The number of hydrogen-bond donors (Lipinski definition) is 1. The van der Waals surface area contributed by atoms with Gasteiger partial charge in [0.05, 0.1) is 5.57 Å². The Hall–Kier alpha value is -1.98.